The lowest BCUT2D eigenvalue weighted by atomic mass is 10.1. The van der Waals surface area contributed by atoms with Crippen molar-refractivity contribution < 1.29 is 0 Å². The van der Waals surface area contributed by atoms with Crippen molar-refractivity contribution in [2.24, 2.45) is 0 Å². The quantitative estimate of drug-likeness (QED) is 0.604. The maximum absolute atomic E-state index is 13.0. The summed E-state index contributed by atoms with van der Waals surface area (Å²) in [5, 5.41) is 5.23. The summed E-state index contributed by atoms with van der Waals surface area (Å²) in [6.07, 6.45) is 3.61. The molecule has 3 heterocycles. The number of nitrogen functional groups attached to an aromatic ring is 1. The van der Waals surface area contributed by atoms with Crippen LogP contribution in [0.4, 0.5) is 5.95 Å². The fraction of sp³-hybridized carbons (Fsp3) is 0.200. The molecule has 0 unspecified atom stereocenters. The molecule has 0 saturated heterocycles. The molecule has 0 atom stereocenters. The number of aromatic nitrogens is 5. The fourth-order valence-electron chi connectivity index (χ4n) is 3.27. The van der Waals surface area contributed by atoms with Gasteiger partial charge in [-0.2, -0.15) is 10.1 Å². The normalized spacial score (nSPS) is 11.2. The topological polar surface area (TPSA) is 91.6 Å². The van der Waals surface area contributed by atoms with E-state index in [9.17, 15) is 4.79 Å². The number of fused-ring (bicyclic) bond motifs is 1. The van der Waals surface area contributed by atoms with Crippen LogP contribution in [0.15, 0.2) is 53.6 Å². The average molecular weight is 360 g/mol. The predicted octanol–water partition coefficient (Wildman–Crippen LogP) is 2.61. The third-order valence-electron chi connectivity index (χ3n) is 4.60. The van der Waals surface area contributed by atoms with Crippen LogP contribution in [-0.2, 0) is 13.1 Å². The molecule has 0 fully saturated rings. The minimum atomic E-state index is -0.109. The Morgan fingerprint density at radius 3 is 2.67 bits per heavy atom. The van der Waals surface area contributed by atoms with E-state index in [0.717, 1.165) is 22.2 Å². The molecule has 0 radical (unpaired) electrons. The van der Waals surface area contributed by atoms with E-state index in [1.807, 2.05) is 61.1 Å². The highest BCUT2D eigenvalue weighted by Crippen LogP contribution is 2.22. The maximum Gasteiger partial charge on any atom is 0.260 e. The van der Waals surface area contributed by atoms with Gasteiger partial charge in [-0.05, 0) is 25.5 Å². The molecule has 0 aliphatic rings. The van der Waals surface area contributed by atoms with Crippen molar-refractivity contribution in [1.82, 2.24) is 24.3 Å². The first kappa shape index (κ1) is 17.0. The zero-order valence-electron chi connectivity index (χ0n) is 15.3. The standard InChI is InChI=1S/C20H20N6O/c1-3-26-18-16(13(2)23-20(21)24-18)9-17(19(26)27)15-10-22-25(12-15)11-14-7-5-4-6-8-14/h4-10,12H,3,11H2,1-2H3,(H2,21,23,24). The monoisotopic (exact) mass is 360 g/mol. The van der Waals surface area contributed by atoms with Crippen molar-refractivity contribution in [3.63, 3.8) is 0 Å². The average Bonchev–Trinajstić information content (AvgIpc) is 3.10. The summed E-state index contributed by atoms with van der Waals surface area (Å²) in [5.41, 5.74) is 9.48. The van der Waals surface area contributed by atoms with Gasteiger partial charge < -0.3 is 5.73 Å². The van der Waals surface area contributed by atoms with E-state index in [4.69, 9.17) is 5.73 Å². The zero-order chi connectivity index (χ0) is 19.0. The molecule has 1 aromatic carbocycles. The van der Waals surface area contributed by atoms with E-state index in [1.54, 1.807) is 10.8 Å². The Morgan fingerprint density at radius 2 is 1.93 bits per heavy atom. The number of nitrogens with two attached hydrogens (primary N) is 1. The molecule has 27 heavy (non-hydrogen) atoms. The molecule has 0 spiro atoms. The SMILES string of the molecule is CCn1c(=O)c(-c2cnn(Cc3ccccc3)c2)cc2c(C)nc(N)nc21. The van der Waals surface area contributed by atoms with Crippen LogP contribution in [0.5, 0.6) is 0 Å². The summed E-state index contributed by atoms with van der Waals surface area (Å²) < 4.78 is 3.46. The number of rotatable bonds is 4. The number of anilines is 1. The van der Waals surface area contributed by atoms with E-state index in [1.165, 1.54) is 0 Å². The largest absolute Gasteiger partial charge is 0.368 e. The van der Waals surface area contributed by atoms with Gasteiger partial charge in [0.05, 0.1) is 24.0 Å². The smallest absolute Gasteiger partial charge is 0.260 e. The van der Waals surface area contributed by atoms with Gasteiger partial charge in [-0.3, -0.25) is 14.0 Å². The Hall–Kier alpha value is -3.48. The Kier molecular flexibility index (Phi) is 4.19. The number of pyridine rings is 1. The number of hydrogen-bond acceptors (Lipinski definition) is 5. The Balaban J connectivity index is 1.83. The fourth-order valence-corrected chi connectivity index (χ4v) is 3.27. The van der Waals surface area contributed by atoms with Crippen molar-refractivity contribution >= 4 is 17.0 Å². The van der Waals surface area contributed by atoms with Gasteiger partial charge in [0.2, 0.25) is 5.95 Å². The molecule has 136 valence electrons. The minimum absolute atomic E-state index is 0.109. The predicted molar refractivity (Wildman–Crippen MR) is 105 cm³/mol. The van der Waals surface area contributed by atoms with E-state index >= 15 is 0 Å². The summed E-state index contributed by atoms with van der Waals surface area (Å²) in [6, 6.07) is 11.9. The van der Waals surface area contributed by atoms with Crippen LogP contribution < -0.4 is 11.3 Å². The van der Waals surface area contributed by atoms with E-state index in [2.05, 4.69) is 15.1 Å². The van der Waals surface area contributed by atoms with E-state index in [-0.39, 0.29) is 11.5 Å². The van der Waals surface area contributed by atoms with Gasteiger partial charge in [0.25, 0.3) is 5.56 Å². The lowest BCUT2D eigenvalue weighted by molar-refractivity contribution is 0.687. The third kappa shape index (κ3) is 3.08. The van der Waals surface area contributed by atoms with Crippen molar-refractivity contribution in [3.8, 4) is 11.1 Å². The first-order valence-corrected chi connectivity index (χ1v) is 8.81. The van der Waals surface area contributed by atoms with Gasteiger partial charge in [0.1, 0.15) is 5.65 Å². The first-order chi connectivity index (χ1) is 13.1. The molecule has 0 amide bonds. The number of nitrogens with zero attached hydrogens (tertiary/aromatic N) is 5. The van der Waals surface area contributed by atoms with Crippen LogP contribution in [0, 0.1) is 6.92 Å². The maximum atomic E-state index is 13.0. The van der Waals surface area contributed by atoms with Crippen molar-refractivity contribution in [1.29, 1.82) is 0 Å². The second-order valence-electron chi connectivity index (χ2n) is 6.42. The lowest BCUT2D eigenvalue weighted by Crippen LogP contribution is -2.22. The van der Waals surface area contributed by atoms with Gasteiger partial charge in [0.15, 0.2) is 0 Å². The molecule has 7 heteroatoms. The van der Waals surface area contributed by atoms with Crippen LogP contribution in [-0.4, -0.2) is 24.3 Å². The number of hydrogen-bond donors (Lipinski definition) is 1. The third-order valence-corrected chi connectivity index (χ3v) is 4.60. The molecule has 4 rings (SSSR count). The molecule has 0 aliphatic carbocycles. The molecule has 4 aromatic rings. The summed E-state index contributed by atoms with van der Waals surface area (Å²) in [4.78, 5) is 21.5. The summed E-state index contributed by atoms with van der Waals surface area (Å²) in [5.74, 6) is 0.171. The number of benzene rings is 1. The van der Waals surface area contributed by atoms with Crippen LogP contribution in [0.2, 0.25) is 0 Å². The highest BCUT2D eigenvalue weighted by atomic mass is 16.1. The molecule has 0 aliphatic heterocycles. The van der Waals surface area contributed by atoms with E-state index < -0.39 is 0 Å². The Bertz CT molecular complexity index is 1180. The molecule has 0 bridgehead atoms. The highest BCUT2D eigenvalue weighted by molar-refractivity contribution is 5.83. The van der Waals surface area contributed by atoms with Crippen LogP contribution in [0.25, 0.3) is 22.2 Å². The summed E-state index contributed by atoms with van der Waals surface area (Å²) >= 11 is 0. The molecular weight excluding hydrogens is 340 g/mol. The highest BCUT2D eigenvalue weighted by Gasteiger charge is 2.15. The van der Waals surface area contributed by atoms with Crippen molar-refractivity contribution in [2.75, 3.05) is 5.73 Å². The minimum Gasteiger partial charge on any atom is -0.368 e. The second kappa shape index (κ2) is 6.68. The van der Waals surface area contributed by atoms with Gasteiger partial charge in [-0.15, -0.1) is 0 Å². The molecule has 3 aromatic heterocycles. The summed E-state index contributed by atoms with van der Waals surface area (Å²) in [6.45, 7) is 4.93. The van der Waals surface area contributed by atoms with Crippen molar-refractivity contribution in [3.05, 3.63) is 70.4 Å². The van der Waals surface area contributed by atoms with E-state index in [0.29, 0.717) is 24.3 Å². The van der Waals surface area contributed by atoms with Crippen LogP contribution in [0.3, 0.4) is 0 Å². The van der Waals surface area contributed by atoms with Gasteiger partial charge in [0, 0.05) is 23.7 Å². The molecular formula is C20H20N6O. The first-order valence-electron chi connectivity index (χ1n) is 8.81. The Labute approximate surface area is 156 Å². The zero-order valence-corrected chi connectivity index (χ0v) is 15.3. The molecule has 2 N–H and O–H groups in total. The Morgan fingerprint density at radius 1 is 1.15 bits per heavy atom. The summed E-state index contributed by atoms with van der Waals surface area (Å²) in [7, 11) is 0. The van der Waals surface area contributed by atoms with Gasteiger partial charge >= 0.3 is 0 Å². The van der Waals surface area contributed by atoms with Gasteiger partial charge in [-0.1, -0.05) is 30.3 Å². The lowest BCUT2D eigenvalue weighted by Gasteiger charge is -2.11. The van der Waals surface area contributed by atoms with Crippen LogP contribution in [0.1, 0.15) is 18.2 Å². The number of aryl methyl sites for hydroxylation is 2. The van der Waals surface area contributed by atoms with Crippen LogP contribution >= 0.6 is 0 Å². The molecule has 0 saturated carbocycles. The molecule has 7 nitrogen and oxygen atoms in total. The van der Waals surface area contributed by atoms with Crippen molar-refractivity contribution in [2.45, 2.75) is 26.9 Å². The van der Waals surface area contributed by atoms with Gasteiger partial charge in [-0.25, -0.2) is 4.98 Å². The second-order valence-corrected chi connectivity index (χ2v) is 6.42.